The van der Waals surface area contributed by atoms with Crippen molar-refractivity contribution in [2.24, 2.45) is 0 Å². The van der Waals surface area contributed by atoms with Gasteiger partial charge in [0.15, 0.2) is 0 Å². The number of benzene rings is 10. The van der Waals surface area contributed by atoms with E-state index in [0.717, 1.165) is 83.9 Å². The van der Waals surface area contributed by atoms with Gasteiger partial charge in [-0.05, 0) is 165 Å². The quantitative estimate of drug-likeness (QED) is 0.0235. The number of aryl methyl sites for hydroxylation is 3. The lowest BCUT2D eigenvalue weighted by molar-refractivity contribution is -0.136. The van der Waals surface area contributed by atoms with Crippen LogP contribution in [-0.2, 0) is 55.3 Å². The molecule has 10 aromatic rings. The van der Waals surface area contributed by atoms with Gasteiger partial charge in [0.1, 0.15) is 34.5 Å². The van der Waals surface area contributed by atoms with Crippen LogP contribution in [0.2, 0.25) is 0 Å². The van der Waals surface area contributed by atoms with Crippen LogP contribution in [0.1, 0.15) is 87.5 Å². The molecule has 0 spiro atoms. The minimum atomic E-state index is -0.956. The number of aliphatic hydroxyl groups is 1. The van der Waals surface area contributed by atoms with Gasteiger partial charge < -0.3 is 76.9 Å². The second-order valence-corrected chi connectivity index (χ2v) is 22.0. The molecule has 97 heavy (non-hydrogen) atoms. The van der Waals surface area contributed by atoms with Crippen LogP contribution in [0, 0.1) is 45.5 Å². The number of aromatic carboxylic acids is 1. The van der Waals surface area contributed by atoms with E-state index in [4.69, 9.17) is 32.9 Å². The van der Waals surface area contributed by atoms with Crippen molar-refractivity contribution in [3.8, 4) is 59.2 Å². The van der Waals surface area contributed by atoms with Gasteiger partial charge in [-0.2, -0.15) is 0 Å². The maximum atomic E-state index is 11.5. The molecule has 10 rings (SSSR count). The lowest BCUT2D eigenvalue weighted by Gasteiger charge is -2.10. The molecule has 498 valence electrons. The van der Waals surface area contributed by atoms with E-state index in [1.807, 2.05) is 142 Å². The average Bonchev–Trinajstić information content (AvgIpc) is 1.16. The molecule has 0 aromatic heterocycles. The maximum Gasteiger partial charge on any atom is 0.337 e. The third-order valence-electron chi connectivity index (χ3n) is 14.5. The third-order valence-corrected chi connectivity index (χ3v) is 14.5. The van der Waals surface area contributed by atoms with Crippen LogP contribution in [0.4, 0.5) is 28.4 Å². The van der Waals surface area contributed by atoms with Crippen LogP contribution >= 0.6 is 0 Å². The van der Waals surface area contributed by atoms with Crippen molar-refractivity contribution in [2.45, 2.75) is 66.5 Å². The van der Waals surface area contributed by atoms with Gasteiger partial charge in [0.25, 0.3) is 0 Å². The van der Waals surface area contributed by atoms with E-state index in [0.29, 0.717) is 61.0 Å². The summed E-state index contributed by atoms with van der Waals surface area (Å²) >= 11 is 0. The predicted octanol–water partition coefficient (Wildman–Crippen LogP) is 14.5. The minimum Gasteiger partial charge on any atom is -0.508 e. The average molecular weight is 1310 g/mol. The van der Waals surface area contributed by atoms with Crippen molar-refractivity contribution >= 4 is 46.3 Å². The third kappa shape index (κ3) is 24.8. The van der Waals surface area contributed by atoms with E-state index in [1.165, 1.54) is 25.3 Å². The van der Waals surface area contributed by atoms with E-state index in [1.54, 1.807) is 79.9 Å². The molecule has 0 saturated heterocycles. The van der Waals surface area contributed by atoms with Crippen LogP contribution in [0.15, 0.2) is 212 Å². The molecular weight excluding hydrogens is 1230 g/mol. The molecule has 10 aromatic carbocycles. The highest BCUT2D eigenvalue weighted by Crippen LogP contribution is 2.27. The Labute approximate surface area is 565 Å². The van der Waals surface area contributed by atoms with Crippen molar-refractivity contribution in [1.29, 1.82) is 0 Å². The number of hydrogen-bond acceptors (Lipinski definition) is 16. The van der Waals surface area contributed by atoms with Gasteiger partial charge in [0, 0.05) is 100 Å². The number of nitrogens with one attached hydrogen (secondary N) is 5. The number of carboxylic acids is 2. The van der Waals surface area contributed by atoms with Gasteiger partial charge >= 0.3 is 17.9 Å². The van der Waals surface area contributed by atoms with Crippen LogP contribution in [-0.4, -0.2) is 73.0 Å². The topological polar surface area (TPSA) is 292 Å². The number of aliphatic hydroxyl groups excluding tert-OH is 1. The number of aromatic hydroxyl groups is 5. The second-order valence-electron chi connectivity index (χ2n) is 22.0. The predicted molar refractivity (Wildman–Crippen MR) is 382 cm³/mol. The van der Waals surface area contributed by atoms with Crippen LogP contribution in [0.3, 0.4) is 0 Å². The lowest BCUT2D eigenvalue weighted by Crippen LogP contribution is -2.04. The van der Waals surface area contributed by atoms with Crippen molar-refractivity contribution in [2.75, 3.05) is 40.8 Å². The number of hydrogen-bond donors (Lipinski definition) is 13. The Balaban J connectivity index is 0.000000192. The molecule has 0 unspecified atom stereocenters. The van der Waals surface area contributed by atoms with Crippen molar-refractivity contribution in [3.05, 3.63) is 290 Å². The van der Waals surface area contributed by atoms with Crippen molar-refractivity contribution < 1.29 is 64.7 Å². The molecular formula is C79H79N5O13. The zero-order chi connectivity index (χ0) is 70.2. The second kappa shape index (κ2) is 37.9. The number of rotatable bonds is 21. The molecule has 0 fully saturated rings. The number of esters is 1. The summed E-state index contributed by atoms with van der Waals surface area (Å²) in [4.78, 5) is 33.0. The Morgan fingerprint density at radius 1 is 0.402 bits per heavy atom. The van der Waals surface area contributed by atoms with E-state index in [9.17, 15) is 39.9 Å². The van der Waals surface area contributed by atoms with Crippen LogP contribution in [0.25, 0.3) is 0 Å². The largest absolute Gasteiger partial charge is 0.508 e. The molecule has 0 aliphatic carbocycles. The molecule has 0 radical (unpaired) electrons. The van der Waals surface area contributed by atoms with Crippen molar-refractivity contribution in [3.63, 3.8) is 0 Å². The highest BCUT2D eigenvalue weighted by Gasteiger charge is 2.12. The summed E-state index contributed by atoms with van der Waals surface area (Å²) in [5.41, 5.74) is 15.2. The van der Waals surface area contributed by atoms with Crippen LogP contribution in [0.5, 0.6) is 34.5 Å². The van der Waals surface area contributed by atoms with E-state index >= 15 is 0 Å². The Morgan fingerprint density at radius 2 is 0.763 bits per heavy atom. The highest BCUT2D eigenvalue weighted by atomic mass is 16.5. The molecule has 0 aliphatic heterocycles. The summed E-state index contributed by atoms with van der Waals surface area (Å²) in [5.74, 6) is 4.75. The Morgan fingerprint density at radius 3 is 1.16 bits per heavy atom. The Bertz CT molecular complexity index is 4370. The van der Waals surface area contributed by atoms with Gasteiger partial charge in [-0.3, -0.25) is 4.79 Å². The first-order chi connectivity index (χ1) is 46.6. The molecule has 0 atom stereocenters. The lowest BCUT2D eigenvalue weighted by atomic mass is 10.1. The summed E-state index contributed by atoms with van der Waals surface area (Å²) in [6, 6.07) is 62.5. The SMILES string of the molecule is C#Cc1cccc(NCc2cc(C(=O)OC)ccc2O)c1.C#Cc1cccc(NCc2cc(OC)ccc2O)c1.Cc1ccc(O)c(CNc2cccc(C(=O)O)c2)c1.Cc1ccc(O)c(CNc2cccc(CC(=O)O)c2)c1.Cc1ccc(O)c(CNc2cccc(CO)c2)c1. The van der Waals surface area contributed by atoms with Gasteiger partial charge in [-0.1, -0.05) is 107 Å². The number of ether oxygens (including phenoxy) is 2. The number of carbonyl (C=O) groups excluding carboxylic acids is 1. The molecule has 0 saturated carbocycles. The fourth-order valence-electron chi connectivity index (χ4n) is 9.30. The number of phenolic OH excluding ortho intramolecular Hbond substituents is 5. The van der Waals surface area contributed by atoms with E-state index in [-0.39, 0.29) is 41.6 Å². The molecule has 18 nitrogen and oxygen atoms in total. The first-order valence-electron chi connectivity index (χ1n) is 30.4. The summed E-state index contributed by atoms with van der Waals surface area (Å²) in [6.07, 6.45) is 10.7. The number of anilines is 5. The number of carbonyl (C=O) groups is 3. The minimum absolute atomic E-state index is 0.00517. The number of carboxylic acid groups (broad SMARTS) is 2. The van der Waals surface area contributed by atoms with E-state index < -0.39 is 17.9 Å². The molecule has 13 N–H and O–H groups in total. The molecule has 0 amide bonds. The Hall–Kier alpha value is -12.5. The van der Waals surface area contributed by atoms with Gasteiger partial charge in [-0.25, -0.2) is 9.59 Å². The number of phenols is 5. The first kappa shape index (κ1) is 73.5. The smallest absolute Gasteiger partial charge is 0.337 e. The Kier molecular flexibility index (Phi) is 28.7. The zero-order valence-electron chi connectivity index (χ0n) is 54.4. The van der Waals surface area contributed by atoms with Crippen LogP contribution < -0.4 is 31.3 Å². The molecule has 0 aliphatic rings. The first-order valence-corrected chi connectivity index (χ1v) is 30.4. The number of aliphatic carboxylic acids is 1. The van der Waals surface area contributed by atoms with Gasteiger partial charge in [-0.15, -0.1) is 12.8 Å². The molecule has 0 heterocycles. The summed E-state index contributed by atoms with van der Waals surface area (Å²) < 4.78 is 9.79. The fourth-order valence-corrected chi connectivity index (χ4v) is 9.30. The monoisotopic (exact) mass is 1310 g/mol. The zero-order valence-corrected chi connectivity index (χ0v) is 54.4. The maximum absolute atomic E-state index is 11.5. The van der Waals surface area contributed by atoms with Crippen molar-refractivity contribution in [1.82, 2.24) is 0 Å². The number of terminal acetylenes is 2. The van der Waals surface area contributed by atoms with Gasteiger partial charge in [0.2, 0.25) is 0 Å². The number of methoxy groups -OCH3 is 2. The van der Waals surface area contributed by atoms with E-state index in [2.05, 4.69) is 43.2 Å². The summed E-state index contributed by atoms with van der Waals surface area (Å²) in [7, 11) is 2.92. The standard InChI is InChI=1S/C17H15NO3.C16H17NO3.C16H15NO2.C15H15NO3.C15H17NO2/c1-3-12-5-4-6-15(9-12)18-11-14-10-13(17(20)21-2)7-8-16(14)19;1-11-5-6-15(18)13(7-11)10-17-14-4-2-3-12(8-14)9-16(19)20;1-3-12-5-4-6-14(9-12)17-11-13-10-15(19-2)7-8-16(13)18;1-10-5-6-14(17)12(7-10)9-16-13-4-2-3-11(8-13)15(18)19;1-11-5-6-15(18)13(7-11)9-16-14-4-2-3-12(8-14)10-17/h1,4-10,18-19H,11H2,2H3;2-8,17-18H,9-10H2,1H3,(H,19,20);1,4-10,17-18H,11H2,2H3;2-8,16-17H,9H2,1H3,(H,18,19);2-8,16-18H,9-10H2,1H3. The fraction of sp³-hybridized carbons (Fsp3) is 0.152. The molecule has 18 heteroatoms. The highest BCUT2D eigenvalue weighted by molar-refractivity contribution is 5.90. The van der Waals surface area contributed by atoms with Gasteiger partial charge in [0.05, 0.1) is 38.4 Å². The summed E-state index contributed by atoms with van der Waals surface area (Å²) in [5, 5.41) is 91.5. The summed E-state index contributed by atoms with van der Waals surface area (Å²) in [6.45, 7) is 8.30. The normalized spacial score (nSPS) is 10.0. The molecule has 0 bridgehead atoms.